The smallest absolute Gasteiger partial charge is 0.219 e. The number of benzene rings is 2. The molecule has 2 aromatic carbocycles. The Balaban J connectivity index is 0.000000371. The lowest BCUT2D eigenvalue weighted by molar-refractivity contribution is -0.402. The lowest BCUT2D eigenvalue weighted by Gasteiger charge is -2.52. The highest BCUT2D eigenvalue weighted by Crippen LogP contribution is 2.46. The van der Waals surface area contributed by atoms with Crippen molar-refractivity contribution in [1.82, 2.24) is 14.5 Å². The monoisotopic (exact) mass is 1960 g/mol. The average molecular weight is 1960 g/mol. The minimum Gasteiger partial charge on any atom is -0.491 e. The summed E-state index contributed by atoms with van der Waals surface area (Å²) >= 11 is 12.7. The van der Waals surface area contributed by atoms with Crippen LogP contribution in [-0.4, -0.2) is 476 Å². The van der Waals surface area contributed by atoms with E-state index in [1.807, 2.05) is 46.0 Å². The molecule has 0 spiro atoms. The van der Waals surface area contributed by atoms with E-state index in [-0.39, 0.29) is 58.3 Å². The second-order valence-corrected chi connectivity index (χ2v) is 34.3. The molecule has 134 heavy (non-hydrogen) atoms. The first-order valence-electron chi connectivity index (χ1n) is 44.6. The maximum absolute atomic E-state index is 11.6. The lowest BCUT2D eigenvalue weighted by Crippen LogP contribution is -2.69. The Labute approximate surface area is 793 Å². The van der Waals surface area contributed by atoms with Crippen molar-refractivity contribution in [1.29, 1.82) is 0 Å². The number of carbonyl (C=O) groups is 1. The van der Waals surface area contributed by atoms with E-state index >= 15 is 0 Å². The van der Waals surface area contributed by atoms with E-state index in [0.717, 1.165) is 37.6 Å². The Morgan fingerprint density at radius 3 is 0.888 bits per heavy atom. The van der Waals surface area contributed by atoms with Gasteiger partial charge in [0.15, 0.2) is 44.0 Å². The number of rotatable bonds is 35. The zero-order valence-corrected chi connectivity index (χ0v) is 81.9. The lowest BCUT2D eigenvalue weighted by atomic mass is 9.94. The summed E-state index contributed by atoms with van der Waals surface area (Å²) in [6.07, 6.45) is -30.9. The third-order valence-electron chi connectivity index (χ3n) is 25.8. The van der Waals surface area contributed by atoms with E-state index in [9.17, 15) is 4.79 Å². The molecule has 23 fully saturated rings. The van der Waals surface area contributed by atoms with Crippen molar-refractivity contribution in [3.05, 3.63) is 76.8 Å². The molecule has 14 bridgehead atoms. The summed E-state index contributed by atoms with van der Waals surface area (Å²) in [4.78, 5) is 19.8. The number of amides is 1. The number of ether oxygens (including phenoxy) is 38. The molecule has 1 aromatic heterocycles. The fraction of sp³-hybridized carbons (Fsp3) is 0.820. The van der Waals surface area contributed by atoms with Gasteiger partial charge in [-0.05, 0) is 36.4 Å². The number of imidazole rings is 1. The van der Waals surface area contributed by atoms with Crippen LogP contribution < -0.4 is 9.64 Å². The largest absolute Gasteiger partial charge is 0.491 e. The van der Waals surface area contributed by atoms with Gasteiger partial charge >= 0.3 is 0 Å². The summed E-state index contributed by atoms with van der Waals surface area (Å²) in [5.74, 6) is -0.201. The van der Waals surface area contributed by atoms with E-state index in [1.165, 1.54) is 149 Å². The number of nitrogens with zero attached hydrogens (tertiary/aromatic N) is 4. The molecule has 23 aliphatic heterocycles. The van der Waals surface area contributed by atoms with Gasteiger partial charge in [-0.3, -0.25) is 4.79 Å². The topological polar surface area (TPSA) is 392 Å². The molecular weight excluding hydrogens is 1820 g/mol. The number of halogens is 2. The average Bonchev–Trinajstić information content (AvgIpc) is 1.63. The van der Waals surface area contributed by atoms with Crippen LogP contribution >= 0.6 is 23.2 Å². The quantitative estimate of drug-likeness (QED) is 0.0817. The highest BCUT2D eigenvalue weighted by molar-refractivity contribution is 6.35. The molecular formula is C89H140Cl2N4O39. The van der Waals surface area contributed by atoms with Crippen molar-refractivity contribution in [2.75, 3.05) is 240 Å². The van der Waals surface area contributed by atoms with Crippen LogP contribution in [0, 0.1) is 0 Å². The Bertz CT molecular complexity index is 3460. The number of hydrogen-bond acceptors (Lipinski definition) is 41. The van der Waals surface area contributed by atoms with Crippen molar-refractivity contribution >= 4 is 34.8 Å². The van der Waals surface area contributed by atoms with Gasteiger partial charge in [0.2, 0.25) is 11.7 Å². The summed E-state index contributed by atoms with van der Waals surface area (Å²) in [7, 11) is 31.7. The number of piperazine rings is 1. The summed E-state index contributed by atoms with van der Waals surface area (Å²) in [5, 5.41) is 1.02. The SMILES string of the molecule is CC(=O)N1CCN(c2ccc(OC[C@@H]3CO[C@](Cn4ccnc4)(c4ccc(Cl)cc4Cl)O3)cc2)CC1.COC[C@H]1O[C@@H]2O[C@H]3[C@H](OC)[C@@H](OC)[C@@H](O[C@H]4[C@H](OC)[C@@H](OC)[C@@H](O[C@H]5[C@H](OC)[C@@H](OC)[C@@H](O[C@H]6[C@H](OC)[C@@H](OC)[C@@H](O[C@H]7[C@H](OC)[C@@H](OC)[C@@H](O[C@H]8[C@H](OC)[C@@H](OC)[C@@H](O[C@H]1[C@H](OC)[C@H]2OC)O[C@@H]8COC)O[C@@H]7COC)O[C@@H]6COC)O[C@@H]5COC)O[C@@H]4COC)O[C@@H]3COC. The van der Waals surface area contributed by atoms with Crippen LogP contribution in [0.25, 0.3) is 0 Å². The van der Waals surface area contributed by atoms with E-state index in [1.54, 1.807) is 31.6 Å². The van der Waals surface area contributed by atoms with Gasteiger partial charge in [-0.2, -0.15) is 0 Å². The molecule has 24 heterocycles. The van der Waals surface area contributed by atoms with Crippen molar-refractivity contribution in [2.24, 2.45) is 0 Å². The fourth-order valence-electron chi connectivity index (χ4n) is 19.5. The Kier molecular flexibility index (Phi) is 42.7. The minimum atomic E-state index is -1.22. The molecule has 43 nitrogen and oxygen atoms in total. The normalized spacial score (nSPS) is 39.6. The standard InChI is InChI=1S/C63H112O35.C26H28Cl2N4O4/c1-64-22-29-36-43(71-8)50(78-15)57(85-29)93-37-30(23-65-2)87-59(52(80-17)44(37)72-9)95-39-32(25-67-4)89-61(54(82-19)46(39)74-11)97-41-34(27-69-6)91-63(56(84-21)48(41)76-13)98-42-35(28-70-7)90-62(55(83-20)49(42)77-14)96-40-33(26-68-5)88-60(53(81-18)47(40)75-12)94-38-31(24-66-3)86-58(92-36)51(79-16)45(38)73-10;1-19(33)31-10-12-32(13-11-31)21-3-5-22(6-4-21)34-15-23-16-35-26(36-23,17-30-9-8-29-18-30)24-7-2-20(27)14-25(24)28/h29-63H,22-28H2,1-21H3;2-9,14,18,23H,10-13,15-17H2,1H3/t29-,30-,31-,32-,33-,34-,35-,36-,37-,38-,39-,40-,41-,42-,43+,44+,45+,46+,47+,48+,49+,50-,51-,52-,53-,54-,55-,56-,57-,58-,59-,60-,61-,62-,63-;23-,26+/m11/s1. The summed E-state index contributed by atoms with van der Waals surface area (Å²) < 4.78 is 247. The maximum atomic E-state index is 11.6. The molecule has 0 radical (unpaired) electrons. The van der Waals surface area contributed by atoms with Crippen LogP contribution in [0.3, 0.4) is 0 Å². The first kappa shape index (κ1) is 109. The predicted octanol–water partition coefficient (Wildman–Crippen LogP) is 2.71. The van der Waals surface area contributed by atoms with Gasteiger partial charge in [0, 0.05) is 211 Å². The second-order valence-electron chi connectivity index (χ2n) is 33.5. The molecule has 37 atom stereocenters. The molecule has 0 unspecified atom stereocenters. The zero-order valence-electron chi connectivity index (χ0n) is 80.4. The molecule has 26 rings (SSSR count). The highest BCUT2D eigenvalue weighted by Gasteiger charge is 2.63. The van der Waals surface area contributed by atoms with Crippen LogP contribution in [0.2, 0.25) is 10.0 Å². The predicted molar refractivity (Wildman–Crippen MR) is 467 cm³/mol. The Hall–Kier alpha value is -4.18. The molecule has 23 aliphatic rings. The van der Waals surface area contributed by atoms with E-state index in [0.29, 0.717) is 35.4 Å². The van der Waals surface area contributed by atoms with Crippen molar-refractivity contribution in [3.63, 3.8) is 0 Å². The summed E-state index contributed by atoms with van der Waals surface area (Å²) in [6, 6.07) is 13.3. The Morgan fingerprint density at radius 2 is 0.649 bits per heavy atom. The molecule has 1 amide bonds. The third kappa shape index (κ3) is 24.8. The molecule has 0 N–H and O–H groups in total. The number of methoxy groups -OCH3 is 21. The van der Waals surface area contributed by atoms with Crippen LogP contribution in [0.4, 0.5) is 5.69 Å². The molecule has 45 heteroatoms. The molecule has 23 saturated heterocycles. The first-order valence-corrected chi connectivity index (χ1v) is 45.3. The van der Waals surface area contributed by atoms with Gasteiger partial charge in [0.1, 0.15) is 189 Å². The van der Waals surface area contributed by atoms with Crippen LogP contribution in [0.1, 0.15) is 12.5 Å². The van der Waals surface area contributed by atoms with Crippen LogP contribution in [0.15, 0.2) is 61.2 Å². The van der Waals surface area contributed by atoms with E-state index in [2.05, 4.69) is 9.88 Å². The van der Waals surface area contributed by atoms with Gasteiger partial charge in [0.05, 0.1) is 70.7 Å². The molecule has 3 aromatic rings. The number of carbonyl (C=O) groups excluding carboxylic acids is 1. The van der Waals surface area contributed by atoms with E-state index in [4.69, 9.17) is 203 Å². The number of anilines is 1. The third-order valence-corrected chi connectivity index (χ3v) is 26.4. The van der Waals surface area contributed by atoms with Gasteiger partial charge in [0.25, 0.3) is 0 Å². The summed E-state index contributed by atoms with van der Waals surface area (Å²) in [6.45, 7) is 5.54. The van der Waals surface area contributed by atoms with Crippen molar-refractivity contribution < 1.29 is 185 Å². The minimum absolute atomic E-state index is 0.0381. The van der Waals surface area contributed by atoms with Gasteiger partial charge in [-0.15, -0.1) is 0 Å². The van der Waals surface area contributed by atoms with Crippen molar-refractivity contribution in [3.8, 4) is 5.75 Å². The number of hydrogen-bond donors (Lipinski definition) is 0. The number of aromatic nitrogens is 2. The Morgan fingerprint density at radius 1 is 0.366 bits per heavy atom. The van der Waals surface area contributed by atoms with Crippen molar-refractivity contribution in [2.45, 2.75) is 240 Å². The summed E-state index contributed by atoms with van der Waals surface area (Å²) in [5.41, 5.74) is 1.82. The zero-order chi connectivity index (χ0) is 96.0. The van der Waals surface area contributed by atoms with Gasteiger partial charge in [-0.25, -0.2) is 4.98 Å². The highest BCUT2D eigenvalue weighted by atomic mass is 35.5. The van der Waals surface area contributed by atoms with Crippen LogP contribution in [-0.2, 0) is 192 Å². The second kappa shape index (κ2) is 52.7. The first-order chi connectivity index (χ1) is 65.1. The molecule has 764 valence electrons. The maximum Gasteiger partial charge on any atom is 0.219 e. The fourth-order valence-corrected chi connectivity index (χ4v) is 20.0. The van der Waals surface area contributed by atoms with Gasteiger partial charge < -0.3 is 194 Å². The molecule has 0 aliphatic carbocycles. The molecule has 0 saturated carbocycles. The van der Waals surface area contributed by atoms with E-state index < -0.39 is 221 Å². The van der Waals surface area contributed by atoms with Crippen LogP contribution in [0.5, 0.6) is 5.75 Å². The van der Waals surface area contributed by atoms with Gasteiger partial charge in [-0.1, -0.05) is 29.3 Å².